The van der Waals surface area contributed by atoms with E-state index in [4.69, 9.17) is 4.74 Å². The van der Waals surface area contributed by atoms with Crippen LogP contribution in [-0.4, -0.2) is 11.6 Å². The van der Waals surface area contributed by atoms with E-state index in [0.717, 1.165) is 17.1 Å². The van der Waals surface area contributed by atoms with Crippen LogP contribution in [0.2, 0.25) is 0 Å². The van der Waals surface area contributed by atoms with Crippen molar-refractivity contribution in [1.82, 2.24) is 4.98 Å². The highest BCUT2D eigenvalue weighted by Crippen LogP contribution is 2.20. The minimum absolute atomic E-state index is 0.373. The Kier molecular flexibility index (Phi) is 4.42. The van der Waals surface area contributed by atoms with E-state index in [0.29, 0.717) is 6.61 Å². The summed E-state index contributed by atoms with van der Waals surface area (Å²) >= 11 is 0. The van der Waals surface area contributed by atoms with Crippen molar-refractivity contribution in [3.05, 3.63) is 58.4 Å². The summed E-state index contributed by atoms with van der Waals surface area (Å²) < 4.78 is 5.67. The summed E-state index contributed by atoms with van der Waals surface area (Å²) in [6.45, 7) is 8.64. The lowest BCUT2D eigenvalue weighted by atomic mass is 10.0. The van der Waals surface area contributed by atoms with Crippen molar-refractivity contribution in [3.8, 4) is 17.6 Å². The second kappa shape index (κ2) is 6.25. The first kappa shape index (κ1) is 14.1. The number of hydrogen-bond donors (Lipinski definition) is 0. The third-order valence-electron chi connectivity index (χ3n) is 3.32. The lowest BCUT2D eigenvalue weighted by Crippen LogP contribution is -1.97. The van der Waals surface area contributed by atoms with Crippen LogP contribution in [0, 0.1) is 39.5 Å². The number of hydrogen-bond acceptors (Lipinski definition) is 2. The van der Waals surface area contributed by atoms with Crippen molar-refractivity contribution in [3.63, 3.8) is 0 Å². The van der Waals surface area contributed by atoms with Gasteiger partial charge in [0, 0.05) is 5.69 Å². The van der Waals surface area contributed by atoms with Crippen LogP contribution in [0.15, 0.2) is 30.3 Å². The molecule has 102 valence electrons. The minimum Gasteiger partial charge on any atom is -0.481 e. The Morgan fingerprint density at radius 1 is 1.05 bits per heavy atom. The molecule has 0 saturated carbocycles. The van der Waals surface area contributed by atoms with E-state index in [2.05, 4.69) is 49.7 Å². The van der Waals surface area contributed by atoms with Gasteiger partial charge < -0.3 is 4.74 Å². The van der Waals surface area contributed by atoms with Gasteiger partial charge >= 0.3 is 0 Å². The van der Waals surface area contributed by atoms with Crippen LogP contribution in [0.25, 0.3) is 0 Å². The van der Waals surface area contributed by atoms with Crippen molar-refractivity contribution in [2.24, 2.45) is 0 Å². The molecule has 0 saturated heterocycles. The number of aromatic nitrogens is 1. The van der Waals surface area contributed by atoms with Crippen LogP contribution in [0.4, 0.5) is 0 Å². The fraction of sp³-hybridized carbons (Fsp3) is 0.278. The number of ether oxygens (including phenoxy) is 1. The zero-order chi connectivity index (χ0) is 14.5. The standard InChI is InChI=1S/C18H19NO/c1-13-11-18(12-14(2)16(13)4)20-10-6-9-17-8-5-7-15(3)19-17/h5,7-8,11-12H,10H2,1-4H3. The highest BCUT2D eigenvalue weighted by Gasteiger charge is 2.00. The Morgan fingerprint density at radius 2 is 1.75 bits per heavy atom. The molecule has 0 aliphatic heterocycles. The highest BCUT2D eigenvalue weighted by atomic mass is 16.5. The Bertz CT molecular complexity index is 654. The fourth-order valence-electron chi connectivity index (χ4n) is 1.94. The van der Waals surface area contributed by atoms with Gasteiger partial charge in [0.2, 0.25) is 0 Å². The number of nitrogens with zero attached hydrogens (tertiary/aromatic N) is 1. The quantitative estimate of drug-likeness (QED) is 0.772. The van der Waals surface area contributed by atoms with Gasteiger partial charge in [-0.05, 0) is 74.6 Å². The molecule has 2 heteroatoms. The molecule has 0 unspecified atom stereocenters. The molecule has 1 aromatic carbocycles. The van der Waals surface area contributed by atoms with Crippen molar-refractivity contribution < 1.29 is 4.74 Å². The van der Waals surface area contributed by atoms with Crippen LogP contribution in [0.1, 0.15) is 28.1 Å². The van der Waals surface area contributed by atoms with Gasteiger partial charge in [-0.15, -0.1) is 0 Å². The van der Waals surface area contributed by atoms with Gasteiger partial charge in [0.05, 0.1) is 0 Å². The summed E-state index contributed by atoms with van der Waals surface area (Å²) in [4.78, 5) is 4.33. The summed E-state index contributed by atoms with van der Waals surface area (Å²) in [5.74, 6) is 6.88. The molecule has 1 aromatic heterocycles. The molecular formula is C18H19NO. The van der Waals surface area contributed by atoms with Gasteiger partial charge in [0.1, 0.15) is 18.1 Å². The van der Waals surface area contributed by atoms with E-state index in [-0.39, 0.29) is 0 Å². The maximum atomic E-state index is 5.67. The van der Waals surface area contributed by atoms with Gasteiger partial charge in [-0.25, -0.2) is 4.98 Å². The Morgan fingerprint density at radius 3 is 2.40 bits per heavy atom. The van der Waals surface area contributed by atoms with Crippen molar-refractivity contribution in [2.45, 2.75) is 27.7 Å². The molecule has 0 radical (unpaired) electrons. The molecule has 20 heavy (non-hydrogen) atoms. The van der Waals surface area contributed by atoms with E-state index in [1.54, 1.807) is 0 Å². The van der Waals surface area contributed by atoms with Crippen molar-refractivity contribution in [2.75, 3.05) is 6.61 Å². The first-order valence-corrected chi connectivity index (χ1v) is 6.69. The summed E-state index contributed by atoms with van der Waals surface area (Å²) in [6, 6.07) is 9.92. The van der Waals surface area contributed by atoms with Crippen LogP contribution in [-0.2, 0) is 0 Å². The van der Waals surface area contributed by atoms with Crippen molar-refractivity contribution in [1.29, 1.82) is 0 Å². The van der Waals surface area contributed by atoms with E-state index in [9.17, 15) is 0 Å². The van der Waals surface area contributed by atoms with Gasteiger partial charge in [-0.2, -0.15) is 0 Å². The molecule has 2 rings (SSSR count). The number of rotatable bonds is 2. The van der Waals surface area contributed by atoms with E-state index < -0.39 is 0 Å². The first-order valence-electron chi connectivity index (χ1n) is 6.69. The fourth-order valence-corrected chi connectivity index (χ4v) is 1.94. The summed E-state index contributed by atoms with van der Waals surface area (Å²) in [6.07, 6.45) is 0. The van der Waals surface area contributed by atoms with Gasteiger partial charge in [0.25, 0.3) is 0 Å². The average Bonchev–Trinajstić information content (AvgIpc) is 2.41. The largest absolute Gasteiger partial charge is 0.481 e. The molecule has 0 aliphatic rings. The van der Waals surface area contributed by atoms with Crippen molar-refractivity contribution >= 4 is 0 Å². The summed E-state index contributed by atoms with van der Waals surface area (Å²) in [7, 11) is 0. The number of aryl methyl sites for hydroxylation is 3. The normalized spacial score (nSPS) is 9.80. The van der Waals surface area contributed by atoms with Gasteiger partial charge in [-0.3, -0.25) is 0 Å². The van der Waals surface area contributed by atoms with Crippen LogP contribution < -0.4 is 4.74 Å². The maximum Gasteiger partial charge on any atom is 0.149 e. The summed E-state index contributed by atoms with van der Waals surface area (Å²) in [5.41, 5.74) is 5.56. The molecule has 0 fully saturated rings. The zero-order valence-electron chi connectivity index (χ0n) is 12.4. The third-order valence-corrected chi connectivity index (χ3v) is 3.32. The minimum atomic E-state index is 0.373. The monoisotopic (exact) mass is 265 g/mol. The molecule has 0 amide bonds. The molecule has 0 aliphatic carbocycles. The average molecular weight is 265 g/mol. The van der Waals surface area contributed by atoms with Gasteiger partial charge in [0.15, 0.2) is 0 Å². The van der Waals surface area contributed by atoms with Crippen LogP contribution in [0.5, 0.6) is 5.75 Å². The third kappa shape index (κ3) is 3.61. The molecule has 2 aromatic rings. The Balaban J connectivity index is 2.00. The molecule has 1 heterocycles. The highest BCUT2D eigenvalue weighted by molar-refractivity contribution is 5.40. The van der Waals surface area contributed by atoms with Gasteiger partial charge in [-0.1, -0.05) is 12.0 Å². The molecule has 2 nitrogen and oxygen atoms in total. The zero-order valence-corrected chi connectivity index (χ0v) is 12.4. The molecule has 0 spiro atoms. The lowest BCUT2D eigenvalue weighted by molar-refractivity contribution is 0.369. The molecule has 0 N–H and O–H groups in total. The topological polar surface area (TPSA) is 22.1 Å². The Hall–Kier alpha value is -2.27. The predicted octanol–water partition coefficient (Wildman–Crippen LogP) is 3.75. The number of pyridine rings is 1. The predicted molar refractivity (Wildman–Crippen MR) is 82.0 cm³/mol. The van der Waals surface area contributed by atoms with E-state index in [1.165, 1.54) is 16.7 Å². The second-order valence-electron chi connectivity index (χ2n) is 4.94. The maximum absolute atomic E-state index is 5.67. The first-order chi connectivity index (χ1) is 9.56. The number of benzene rings is 1. The molecular weight excluding hydrogens is 246 g/mol. The van der Waals surface area contributed by atoms with Crippen LogP contribution in [0.3, 0.4) is 0 Å². The second-order valence-corrected chi connectivity index (χ2v) is 4.94. The van der Waals surface area contributed by atoms with Crippen LogP contribution >= 0.6 is 0 Å². The molecule has 0 bridgehead atoms. The van der Waals surface area contributed by atoms with E-state index in [1.807, 2.05) is 25.1 Å². The SMILES string of the molecule is Cc1cccc(C#CCOc2cc(C)c(C)c(C)c2)n1. The van der Waals surface area contributed by atoms with E-state index >= 15 is 0 Å². The summed E-state index contributed by atoms with van der Waals surface area (Å²) in [5, 5.41) is 0. The smallest absolute Gasteiger partial charge is 0.149 e. The lowest BCUT2D eigenvalue weighted by Gasteiger charge is -2.08. The Labute approximate surface area is 120 Å². The molecule has 0 atom stereocenters.